The number of nitrogens with one attached hydrogen (secondary N) is 1. The first kappa shape index (κ1) is 20.2. The molecule has 0 bridgehead atoms. The van der Waals surface area contributed by atoms with E-state index in [-0.39, 0.29) is 5.69 Å². The number of nitrogens with zero attached hydrogens (tertiary/aromatic N) is 2. The minimum absolute atomic E-state index is 0.0113. The van der Waals surface area contributed by atoms with Crippen molar-refractivity contribution in [3.63, 3.8) is 0 Å². The van der Waals surface area contributed by atoms with Crippen LogP contribution in [0, 0.1) is 10.1 Å². The molecular weight excluding hydrogens is 446 g/mol. The fraction of sp³-hybridized carbons (Fsp3) is 0.263. The van der Waals surface area contributed by atoms with Gasteiger partial charge in [0.05, 0.1) is 15.1 Å². The molecule has 0 radical (unpaired) electrons. The van der Waals surface area contributed by atoms with Gasteiger partial charge in [-0.1, -0.05) is 39.4 Å². The number of hydrogen-bond donors (Lipinski definition) is 1. The molecule has 7 nitrogen and oxygen atoms in total. The molecule has 0 spiro atoms. The number of amides is 1. The number of aromatic nitrogens is 1. The molecule has 0 unspecified atom stereocenters. The number of rotatable bonds is 4. The molecule has 0 aliphatic heterocycles. The van der Waals surface area contributed by atoms with Gasteiger partial charge >= 0.3 is 6.09 Å². The van der Waals surface area contributed by atoms with E-state index in [1.807, 2.05) is 12.1 Å². The van der Waals surface area contributed by atoms with Crippen LogP contribution in [0.1, 0.15) is 26.3 Å². The molecule has 1 amide bonds. The number of ether oxygens (including phenoxy) is 1. The Morgan fingerprint density at radius 1 is 1.32 bits per heavy atom. The maximum atomic E-state index is 12.1. The molecule has 2 aromatic carbocycles. The number of nitro groups is 1. The predicted octanol–water partition coefficient (Wildman–Crippen LogP) is 6.11. The topological polar surface area (TPSA) is 94.4 Å². The number of anilines is 1. The van der Waals surface area contributed by atoms with Crippen molar-refractivity contribution >= 4 is 54.4 Å². The van der Waals surface area contributed by atoms with E-state index in [1.165, 1.54) is 23.5 Å². The number of fused-ring (bicyclic) bond motifs is 1. The molecule has 1 aromatic heterocycles. The van der Waals surface area contributed by atoms with E-state index in [9.17, 15) is 14.9 Å². The molecule has 3 aromatic rings. The van der Waals surface area contributed by atoms with Crippen molar-refractivity contribution in [1.82, 2.24) is 4.98 Å². The maximum Gasteiger partial charge on any atom is 0.413 e. The smallest absolute Gasteiger partial charge is 0.413 e. The SMILES string of the molecule is CC(C)(C)OC(=O)Nc1nc2c(-c3cccc([N+](=O)[O-])c3)cc(CBr)cc2s1. The van der Waals surface area contributed by atoms with Gasteiger partial charge < -0.3 is 4.74 Å². The van der Waals surface area contributed by atoms with Gasteiger partial charge in [0.1, 0.15) is 5.60 Å². The number of benzene rings is 2. The third kappa shape index (κ3) is 4.66. The number of carbonyl (C=O) groups excluding carboxylic acids is 1. The standard InChI is InChI=1S/C19H18BrN3O4S/c1-19(2,3)27-18(24)22-17-21-16-14(7-11(10-20)8-15(16)28-17)12-5-4-6-13(9-12)23(25)26/h4-9H,10H2,1-3H3,(H,21,22,24). The fourth-order valence-electron chi connectivity index (χ4n) is 2.62. The summed E-state index contributed by atoms with van der Waals surface area (Å²) >= 11 is 4.78. The summed E-state index contributed by atoms with van der Waals surface area (Å²) in [5.41, 5.74) is 2.53. The number of carbonyl (C=O) groups is 1. The molecule has 0 aliphatic rings. The van der Waals surface area contributed by atoms with Gasteiger partial charge in [-0.2, -0.15) is 0 Å². The van der Waals surface area contributed by atoms with Crippen LogP contribution in [0.3, 0.4) is 0 Å². The van der Waals surface area contributed by atoms with Crippen LogP contribution in [0.25, 0.3) is 21.3 Å². The van der Waals surface area contributed by atoms with Crippen LogP contribution in [-0.2, 0) is 10.1 Å². The van der Waals surface area contributed by atoms with Gasteiger partial charge in [-0.05, 0) is 44.0 Å². The summed E-state index contributed by atoms with van der Waals surface area (Å²) < 4.78 is 6.14. The second kappa shape index (κ2) is 7.84. The van der Waals surface area contributed by atoms with E-state index in [0.29, 0.717) is 21.5 Å². The van der Waals surface area contributed by atoms with E-state index in [2.05, 4.69) is 26.2 Å². The Morgan fingerprint density at radius 2 is 2.07 bits per heavy atom. The molecular formula is C19H18BrN3O4S. The normalized spacial score (nSPS) is 11.4. The second-order valence-electron chi connectivity index (χ2n) is 7.08. The Bertz CT molecular complexity index is 1060. The molecule has 0 atom stereocenters. The van der Waals surface area contributed by atoms with Crippen molar-refractivity contribution in [2.24, 2.45) is 0 Å². The lowest BCUT2D eigenvalue weighted by Crippen LogP contribution is -2.27. The van der Waals surface area contributed by atoms with E-state index < -0.39 is 16.6 Å². The number of alkyl halides is 1. The van der Waals surface area contributed by atoms with Crippen molar-refractivity contribution in [1.29, 1.82) is 0 Å². The van der Waals surface area contributed by atoms with Crippen molar-refractivity contribution in [3.05, 3.63) is 52.1 Å². The minimum Gasteiger partial charge on any atom is -0.444 e. The summed E-state index contributed by atoms with van der Waals surface area (Å²) in [6.45, 7) is 5.36. The summed E-state index contributed by atoms with van der Waals surface area (Å²) in [5, 5.41) is 14.8. The number of thiazole rings is 1. The van der Waals surface area contributed by atoms with Gasteiger partial charge in [0.2, 0.25) is 0 Å². The van der Waals surface area contributed by atoms with Gasteiger partial charge in [0.15, 0.2) is 5.13 Å². The third-order valence-corrected chi connectivity index (χ3v) is 5.25. The van der Waals surface area contributed by atoms with Gasteiger partial charge in [-0.15, -0.1) is 0 Å². The quantitative estimate of drug-likeness (QED) is 0.286. The van der Waals surface area contributed by atoms with Gasteiger partial charge in [0, 0.05) is 23.0 Å². The highest BCUT2D eigenvalue weighted by Crippen LogP contribution is 2.36. The van der Waals surface area contributed by atoms with Crippen LogP contribution in [0.5, 0.6) is 0 Å². The Labute approximate surface area is 174 Å². The van der Waals surface area contributed by atoms with Crippen molar-refractivity contribution < 1.29 is 14.5 Å². The minimum atomic E-state index is -0.613. The number of non-ortho nitro benzene ring substituents is 1. The zero-order valence-corrected chi connectivity index (χ0v) is 17.9. The fourth-order valence-corrected chi connectivity index (χ4v) is 3.88. The number of nitro benzene ring substituents is 1. The molecule has 1 N–H and O–H groups in total. The monoisotopic (exact) mass is 463 g/mol. The molecule has 0 aliphatic carbocycles. The van der Waals surface area contributed by atoms with E-state index in [0.717, 1.165) is 15.8 Å². The zero-order valence-electron chi connectivity index (χ0n) is 15.5. The third-order valence-electron chi connectivity index (χ3n) is 3.68. The van der Waals surface area contributed by atoms with Gasteiger partial charge in [-0.25, -0.2) is 9.78 Å². The molecule has 28 heavy (non-hydrogen) atoms. The van der Waals surface area contributed by atoms with Crippen molar-refractivity contribution in [2.45, 2.75) is 31.7 Å². The average Bonchev–Trinajstić information content (AvgIpc) is 3.01. The predicted molar refractivity (Wildman–Crippen MR) is 114 cm³/mol. The highest BCUT2D eigenvalue weighted by atomic mass is 79.9. The summed E-state index contributed by atoms with van der Waals surface area (Å²) in [7, 11) is 0. The van der Waals surface area contributed by atoms with Crippen LogP contribution >= 0.6 is 27.3 Å². The first-order chi connectivity index (χ1) is 13.2. The Balaban J connectivity index is 2.05. The lowest BCUT2D eigenvalue weighted by Gasteiger charge is -2.18. The first-order valence-corrected chi connectivity index (χ1v) is 10.3. The lowest BCUT2D eigenvalue weighted by molar-refractivity contribution is -0.384. The van der Waals surface area contributed by atoms with Crippen LogP contribution in [0.15, 0.2) is 36.4 Å². The molecule has 3 rings (SSSR count). The van der Waals surface area contributed by atoms with Crippen LogP contribution in [-0.4, -0.2) is 21.6 Å². The van der Waals surface area contributed by atoms with E-state index in [1.54, 1.807) is 32.9 Å². The summed E-state index contributed by atoms with van der Waals surface area (Å²) in [6, 6.07) is 10.3. The van der Waals surface area contributed by atoms with Crippen molar-refractivity contribution in [3.8, 4) is 11.1 Å². The number of hydrogen-bond acceptors (Lipinski definition) is 6. The Hall–Kier alpha value is -2.52. The summed E-state index contributed by atoms with van der Waals surface area (Å²) in [4.78, 5) is 27.3. The molecule has 146 valence electrons. The molecule has 0 saturated heterocycles. The lowest BCUT2D eigenvalue weighted by atomic mass is 10.0. The van der Waals surface area contributed by atoms with Crippen LogP contribution in [0.4, 0.5) is 15.6 Å². The van der Waals surface area contributed by atoms with Gasteiger partial charge in [-0.3, -0.25) is 15.4 Å². The average molecular weight is 464 g/mol. The Morgan fingerprint density at radius 3 is 2.71 bits per heavy atom. The molecule has 9 heteroatoms. The molecule has 0 fully saturated rings. The zero-order chi connectivity index (χ0) is 20.5. The van der Waals surface area contributed by atoms with Gasteiger partial charge in [0.25, 0.3) is 5.69 Å². The van der Waals surface area contributed by atoms with Crippen LogP contribution in [0.2, 0.25) is 0 Å². The van der Waals surface area contributed by atoms with E-state index in [4.69, 9.17) is 4.74 Å². The molecule has 1 heterocycles. The first-order valence-electron chi connectivity index (χ1n) is 8.40. The maximum absolute atomic E-state index is 12.1. The van der Waals surface area contributed by atoms with Crippen LogP contribution < -0.4 is 5.32 Å². The molecule has 0 saturated carbocycles. The second-order valence-corrected chi connectivity index (χ2v) is 8.67. The largest absolute Gasteiger partial charge is 0.444 e. The van der Waals surface area contributed by atoms with Crippen molar-refractivity contribution in [2.75, 3.05) is 5.32 Å². The summed E-state index contributed by atoms with van der Waals surface area (Å²) in [5.74, 6) is 0. The highest BCUT2D eigenvalue weighted by molar-refractivity contribution is 9.08. The highest BCUT2D eigenvalue weighted by Gasteiger charge is 2.19. The Kier molecular flexibility index (Phi) is 5.66. The van der Waals surface area contributed by atoms with E-state index >= 15 is 0 Å². The summed E-state index contributed by atoms with van der Waals surface area (Å²) in [6.07, 6.45) is -0.579. The number of halogens is 1.